The van der Waals surface area contributed by atoms with Crippen LogP contribution in [0.25, 0.3) is 0 Å². The van der Waals surface area contributed by atoms with Crippen molar-refractivity contribution in [3.8, 4) is 5.75 Å². The van der Waals surface area contributed by atoms with Crippen LogP contribution in [0.1, 0.15) is 22.8 Å². The molecule has 2 amide bonds. The number of benzene rings is 2. The molecule has 1 atom stereocenters. The third-order valence-electron chi connectivity index (χ3n) is 3.26. The van der Waals surface area contributed by atoms with Crippen molar-refractivity contribution in [2.75, 3.05) is 5.32 Å². The topological polar surface area (TPSA) is 81.4 Å². The van der Waals surface area contributed by atoms with Gasteiger partial charge in [-0.1, -0.05) is 23.7 Å². The maximum absolute atomic E-state index is 12.2. The highest BCUT2D eigenvalue weighted by molar-refractivity contribution is 6.31. The summed E-state index contributed by atoms with van der Waals surface area (Å²) in [5.74, 6) is -0.452. The molecule has 0 fully saturated rings. The molecular formula is C17H17ClN2O3. The number of nitrogens with one attached hydrogen (secondary N) is 1. The maximum Gasteiger partial charge on any atom is 0.265 e. The predicted molar refractivity (Wildman–Crippen MR) is 89.9 cm³/mol. The molecule has 2 aromatic rings. The zero-order valence-electron chi connectivity index (χ0n) is 12.8. The second kappa shape index (κ2) is 7.15. The third-order valence-corrected chi connectivity index (χ3v) is 3.69. The Morgan fingerprint density at radius 2 is 1.91 bits per heavy atom. The number of primary amides is 1. The fourth-order valence-corrected chi connectivity index (χ4v) is 2.11. The molecule has 2 aromatic carbocycles. The first-order valence-electron chi connectivity index (χ1n) is 7.01. The average molecular weight is 333 g/mol. The van der Waals surface area contributed by atoms with Crippen LogP contribution in [0.4, 0.5) is 5.69 Å². The Hall–Kier alpha value is -2.53. The number of carbonyl (C=O) groups is 2. The molecule has 3 N–H and O–H groups in total. The third kappa shape index (κ3) is 4.23. The van der Waals surface area contributed by atoms with E-state index in [1.165, 1.54) is 0 Å². The minimum Gasteiger partial charge on any atom is -0.481 e. The molecule has 23 heavy (non-hydrogen) atoms. The van der Waals surface area contributed by atoms with Crippen LogP contribution in [-0.4, -0.2) is 17.9 Å². The molecular weight excluding hydrogens is 316 g/mol. The van der Waals surface area contributed by atoms with Crippen molar-refractivity contribution < 1.29 is 14.3 Å². The normalized spacial score (nSPS) is 11.6. The monoisotopic (exact) mass is 332 g/mol. The van der Waals surface area contributed by atoms with Gasteiger partial charge in [0.15, 0.2) is 6.10 Å². The molecule has 0 aliphatic heterocycles. The Kier molecular flexibility index (Phi) is 5.24. The first kappa shape index (κ1) is 16.8. The van der Waals surface area contributed by atoms with Crippen molar-refractivity contribution in [1.82, 2.24) is 0 Å². The Bertz CT molecular complexity index is 746. The smallest absolute Gasteiger partial charge is 0.265 e. The maximum atomic E-state index is 12.2. The highest BCUT2D eigenvalue weighted by atomic mass is 35.5. The van der Waals surface area contributed by atoms with Crippen LogP contribution in [0.3, 0.4) is 0 Å². The highest BCUT2D eigenvalue weighted by Gasteiger charge is 2.17. The lowest BCUT2D eigenvalue weighted by molar-refractivity contribution is -0.122. The Labute approximate surface area is 139 Å². The van der Waals surface area contributed by atoms with E-state index in [1.807, 2.05) is 6.92 Å². The second-order valence-corrected chi connectivity index (χ2v) is 5.48. The van der Waals surface area contributed by atoms with Crippen molar-refractivity contribution in [2.45, 2.75) is 20.0 Å². The van der Waals surface area contributed by atoms with E-state index in [4.69, 9.17) is 22.1 Å². The van der Waals surface area contributed by atoms with Gasteiger partial charge in [-0.2, -0.15) is 0 Å². The van der Waals surface area contributed by atoms with Gasteiger partial charge in [0.05, 0.1) is 11.3 Å². The fourth-order valence-electron chi connectivity index (χ4n) is 1.99. The van der Waals surface area contributed by atoms with Crippen LogP contribution < -0.4 is 15.8 Å². The molecule has 2 rings (SSSR count). The van der Waals surface area contributed by atoms with E-state index in [0.717, 1.165) is 5.56 Å². The van der Waals surface area contributed by atoms with E-state index in [-0.39, 0.29) is 11.5 Å². The van der Waals surface area contributed by atoms with Crippen molar-refractivity contribution in [2.24, 2.45) is 5.73 Å². The van der Waals surface area contributed by atoms with Crippen LogP contribution in [0, 0.1) is 6.92 Å². The molecule has 0 aliphatic rings. The molecule has 0 saturated heterocycles. The van der Waals surface area contributed by atoms with E-state index in [0.29, 0.717) is 16.5 Å². The van der Waals surface area contributed by atoms with Gasteiger partial charge in [0.2, 0.25) is 0 Å². The number of amides is 2. The molecule has 0 radical (unpaired) electrons. The van der Waals surface area contributed by atoms with Crippen LogP contribution in [0.2, 0.25) is 5.02 Å². The van der Waals surface area contributed by atoms with E-state index in [9.17, 15) is 9.59 Å². The van der Waals surface area contributed by atoms with Gasteiger partial charge in [-0.15, -0.1) is 0 Å². The Morgan fingerprint density at radius 1 is 1.22 bits per heavy atom. The first-order valence-corrected chi connectivity index (χ1v) is 7.39. The Balaban J connectivity index is 2.08. The number of aryl methyl sites for hydroxylation is 1. The molecule has 0 spiro atoms. The number of hydrogen-bond acceptors (Lipinski definition) is 3. The standard InChI is InChI=1S/C17H17ClN2O3/c1-10-9-12(7-8-14(10)18)23-11(2)17(22)20-15-6-4-3-5-13(15)16(19)21/h3-9,11H,1-2H3,(H2,19,21)(H,20,22)/t11-/m1/s1. The van der Waals surface area contributed by atoms with Gasteiger partial charge >= 0.3 is 0 Å². The van der Waals surface area contributed by atoms with Gasteiger partial charge in [-0.3, -0.25) is 9.59 Å². The summed E-state index contributed by atoms with van der Waals surface area (Å²) in [4.78, 5) is 23.6. The molecule has 5 nitrogen and oxygen atoms in total. The molecule has 0 saturated carbocycles. The van der Waals surface area contributed by atoms with E-state index >= 15 is 0 Å². The lowest BCUT2D eigenvalue weighted by Gasteiger charge is -2.16. The number of nitrogens with two attached hydrogens (primary N) is 1. The van der Waals surface area contributed by atoms with Crippen LogP contribution >= 0.6 is 11.6 Å². The SMILES string of the molecule is Cc1cc(O[C@H](C)C(=O)Nc2ccccc2C(N)=O)ccc1Cl. The molecule has 0 unspecified atom stereocenters. The van der Waals surface area contributed by atoms with Crippen LogP contribution in [0.15, 0.2) is 42.5 Å². The fraction of sp³-hybridized carbons (Fsp3) is 0.176. The summed E-state index contributed by atoms with van der Waals surface area (Å²) in [7, 11) is 0. The largest absolute Gasteiger partial charge is 0.481 e. The van der Waals surface area contributed by atoms with Crippen molar-refractivity contribution in [3.63, 3.8) is 0 Å². The van der Waals surface area contributed by atoms with Crippen LogP contribution in [0.5, 0.6) is 5.75 Å². The van der Waals surface area contributed by atoms with E-state index < -0.39 is 12.0 Å². The van der Waals surface area contributed by atoms with Gasteiger partial charge in [0, 0.05) is 5.02 Å². The van der Waals surface area contributed by atoms with E-state index in [2.05, 4.69) is 5.32 Å². The predicted octanol–water partition coefficient (Wildman–Crippen LogP) is 3.15. The minimum absolute atomic E-state index is 0.246. The molecule has 6 heteroatoms. The highest BCUT2D eigenvalue weighted by Crippen LogP contribution is 2.22. The summed E-state index contributed by atoms with van der Waals surface area (Å²) in [5.41, 5.74) is 6.74. The number of ether oxygens (including phenoxy) is 1. The second-order valence-electron chi connectivity index (χ2n) is 5.07. The molecule has 0 aliphatic carbocycles. The number of anilines is 1. The lowest BCUT2D eigenvalue weighted by Crippen LogP contribution is -2.31. The summed E-state index contributed by atoms with van der Waals surface area (Å²) in [6, 6.07) is 11.7. The number of hydrogen-bond donors (Lipinski definition) is 2. The summed E-state index contributed by atoms with van der Waals surface area (Å²) >= 11 is 5.96. The number of para-hydroxylation sites is 1. The number of rotatable bonds is 5. The van der Waals surface area contributed by atoms with Crippen molar-refractivity contribution >= 4 is 29.1 Å². The van der Waals surface area contributed by atoms with Gasteiger partial charge in [0.1, 0.15) is 5.75 Å². The number of carbonyl (C=O) groups excluding carboxylic acids is 2. The summed E-state index contributed by atoms with van der Waals surface area (Å²) < 4.78 is 5.60. The van der Waals surface area contributed by atoms with Gasteiger partial charge in [-0.25, -0.2) is 0 Å². The quantitative estimate of drug-likeness (QED) is 0.882. The molecule has 120 valence electrons. The zero-order valence-corrected chi connectivity index (χ0v) is 13.6. The van der Waals surface area contributed by atoms with Gasteiger partial charge in [-0.05, 0) is 49.7 Å². The lowest BCUT2D eigenvalue weighted by atomic mass is 10.1. The zero-order chi connectivity index (χ0) is 17.0. The van der Waals surface area contributed by atoms with Gasteiger partial charge in [0.25, 0.3) is 11.8 Å². The minimum atomic E-state index is -0.753. The van der Waals surface area contributed by atoms with Crippen LogP contribution in [-0.2, 0) is 4.79 Å². The van der Waals surface area contributed by atoms with Crippen molar-refractivity contribution in [1.29, 1.82) is 0 Å². The van der Waals surface area contributed by atoms with E-state index in [1.54, 1.807) is 49.4 Å². The van der Waals surface area contributed by atoms with Crippen molar-refractivity contribution in [3.05, 3.63) is 58.6 Å². The molecule has 0 bridgehead atoms. The average Bonchev–Trinajstić information content (AvgIpc) is 2.51. The molecule has 0 aromatic heterocycles. The molecule has 0 heterocycles. The number of halogens is 1. The summed E-state index contributed by atoms with van der Waals surface area (Å²) in [6.07, 6.45) is -0.753. The summed E-state index contributed by atoms with van der Waals surface area (Å²) in [6.45, 7) is 3.47. The Morgan fingerprint density at radius 3 is 2.57 bits per heavy atom. The van der Waals surface area contributed by atoms with Gasteiger partial charge < -0.3 is 15.8 Å². The first-order chi connectivity index (χ1) is 10.9. The summed E-state index contributed by atoms with van der Waals surface area (Å²) in [5, 5.41) is 3.28.